The predicted molar refractivity (Wildman–Crippen MR) is 138 cm³/mol. The summed E-state index contributed by atoms with van der Waals surface area (Å²) in [5.41, 5.74) is 0. The van der Waals surface area contributed by atoms with Crippen LogP contribution in [0.3, 0.4) is 0 Å². The van der Waals surface area contributed by atoms with E-state index >= 15 is 0 Å². The van der Waals surface area contributed by atoms with Gasteiger partial charge >= 0.3 is 0 Å². The number of rotatable bonds is 22. The smallest absolute Gasteiger partial charge is 0.234 e. The van der Waals surface area contributed by atoms with Crippen LogP contribution in [-0.4, -0.2) is 4.57 Å². The second-order valence-electron chi connectivity index (χ2n) is 10.2. The van der Waals surface area contributed by atoms with Gasteiger partial charge in [0.15, 0.2) is 0 Å². The summed E-state index contributed by atoms with van der Waals surface area (Å²) in [6.07, 6.45) is 33.0. The number of hydrogen-bond donors (Lipinski definition) is 0. The average molecular weight is 434 g/mol. The van der Waals surface area contributed by atoms with Crippen LogP contribution in [0, 0.1) is 0 Å². The fourth-order valence-corrected chi connectivity index (χ4v) is 4.76. The maximum Gasteiger partial charge on any atom is 0.256 e. The van der Waals surface area contributed by atoms with Crippen LogP contribution >= 0.6 is 0 Å². The van der Waals surface area contributed by atoms with Gasteiger partial charge in [0.1, 0.15) is 12.4 Å². The molecule has 1 heterocycles. The van der Waals surface area contributed by atoms with E-state index in [0.717, 1.165) is 0 Å². The lowest BCUT2D eigenvalue weighted by Gasteiger charge is -2.07. The van der Waals surface area contributed by atoms with Crippen molar-refractivity contribution in [3.05, 3.63) is 18.2 Å². The Morgan fingerprint density at radius 1 is 0.613 bits per heavy atom. The van der Waals surface area contributed by atoms with Crippen LogP contribution in [0.5, 0.6) is 0 Å². The van der Waals surface area contributed by atoms with Gasteiger partial charge in [-0.25, -0.2) is 9.13 Å². The minimum atomic E-state index is 0.573. The first-order chi connectivity index (χ1) is 15.2. The highest BCUT2D eigenvalue weighted by Crippen LogP contribution is 2.14. The van der Waals surface area contributed by atoms with Gasteiger partial charge in [-0.2, -0.15) is 0 Å². The van der Waals surface area contributed by atoms with E-state index in [1.807, 2.05) is 0 Å². The van der Waals surface area contributed by atoms with Crippen molar-refractivity contribution in [1.82, 2.24) is 4.57 Å². The minimum Gasteiger partial charge on any atom is -0.234 e. The molecular weight excluding hydrogens is 376 g/mol. The molecule has 0 unspecified atom stereocenters. The minimum absolute atomic E-state index is 0.573. The highest BCUT2D eigenvalue weighted by Gasteiger charge is 2.18. The standard InChI is InChI=1S/C29H57N2/c1-5-7-9-10-11-12-13-14-15-16-17-18-19-20-21-22-23-25-30-26-27-31(28(3)4)29(30)24-8-6-2/h26-28H,5-25H2,1-4H3/q+1. The normalized spacial score (nSPS) is 11.6. The van der Waals surface area contributed by atoms with Gasteiger partial charge in [0.05, 0.1) is 12.6 Å². The monoisotopic (exact) mass is 433 g/mol. The largest absolute Gasteiger partial charge is 0.256 e. The van der Waals surface area contributed by atoms with Gasteiger partial charge in [-0.05, 0) is 33.1 Å². The van der Waals surface area contributed by atoms with Crippen LogP contribution in [0.15, 0.2) is 12.4 Å². The number of imidazole rings is 1. The van der Waals surface area contributed by atoms with Crippen molar-refractivity contribution in [2.24, 2.45) is 0 Å². The van der Waals surface area contributed by atoms with Crippen molar-refractivity contribution in [2.75, 3.05) is 0 Å². The molecule has 2 nitrogen and oxygen atoms in total. The van der Waals surface area contributed by atoms with E-state index in [-0.39, 0.29) is 0 Å². The van der Waals surface area contributed by atoms with Crippen LogP contribution in [0.1, 0.15) is 162 Å². The van der Waals surface area contributed by atoms with Crippen LogP contribution in [0.2, 0.25) is 0 Å². The average Bonchev–Trinajstić information content (AvgIpc) is 3.17. The van der Waals surface area contributed by atoms with E-state index in [9.17, 15) is 0 Å². The van der Waals surface area contributed by atoms with Crippen LogP contribution in [0.4, 0.5) is 0 Å². The Morgan fingerprint density at radius 3 is 1.45 bits per heavy atom. The maximum absolute atomic E-state index is 2.53. The molecule has 0 spiro atoms. The molecule has 0 N–H and O–H groups in total. The van der Waals surface area contributed by atoms with Gasteiger partial charge in [0, 0.05) is 6.42 Å². The molecule has 1 aromatic heterocycles. The molecule has 0 aliphatic heterocycles. The third-order valence-electron chi connectivity index (χ3n) is 6.85. The Balaban J connectivity index is 1.94. The summed E-state index contributed by atoms with van der Waals surface area (Å²) in [7, 11) is 0. The molecule has 2 heteroatoms. The predicted octanol–water partition coefficient (Wildman–Crippen LogP) is 9.35. The first-order valence-corrected chi connectivity index (χ1v) is 14.3. The second-order valence-corrected chi connectivity index (χ2v) is 10.2. The summed E-state index contributed by atoms with van der Waals surface area (Å²) < 4.78 is 5.00. The molecule has 182 valence electrons. The molecule has 0 aliphatic rings. The lowest BCUT2D eigenvalue weighted by molar-refractivity contribution is -0.704. The van der Waals surface area contributed by atoms with Crippen molar-refractivity contribution in [1.29, 1.82) is 0 Å². The Labute approximate surface area is 196 Å². The maximum atomic E-state index is 2.53. The molecule has 0 atom stereocenters. The summed E-state index contributed by atoms with van der Waals surface area (Å²) in [4.78, 5) is 0. The first kappa shape index (κ1) is 28.2. The van der Waals surface area contributed by atoms with Crippen molar-refractivity contribution in [3.8, 4) is 0 Å². The van der Waals surface area contributed by atoms with Crippen molar-refractivity contribution < 1.29 is 4.57 Å². The van der Waals surface area contributed by atoms with Gasteiger partial charge in [0.2, 0.25) is 0 Å². The molecule has 0 aromatic carbocycles. The zero-order valence-electron chi connectivity index (χ0n) is 22.0. The molecule has 1 rings (SSSR count). The molecule has 1 aromatic rings. The summed E-state index contributed by atoms with van der Waals surface area (Å²) in [6.45, 7) is 10.4. The summed E-state index contributed by atoms with van der Waals surface area (Å²) in [5, 5.41) is 0. The number of hydrogen-bond acceptors (Lipinski definition) is 0. The molecule has 0 radical (unpaired) electrons. The zero-order chi connectivity index (χ0) is 22.6. The lowest BCUT2D eigenvalue weighted by Crippen LogP contribution is -2.37. The fourth-order valence-electron chi connectivity index (χ4n) is 4.76. The molecule has 0 saturated heterocycles. The van der Waals surface area contributed by atoms with Crippen LogP contribution in [0.25, 0.3) is 0 Å². The molecular formula is C29H57N2+. The third-order valence-corrected chi connectivity index (χ3v) is 6.85. The Morgan fingerprint density at radius 2 is 1.03 bits per heavy atom. The van der Waals surface area contributed by atoms with Gasteiger partial charge < -0.3 is 0 Å². The molecule has 31 heavy (non-hydrogen) atoms. The van der Waals surface area contributed by atoms with E-state index in [1.165, 1.54) is 141 Å². The third kappa shape index (κ3) is 14.1. The molecule has 0 fully saturated rings. The number of aromatic nitrogens is 2. The van der Waals surface area contributed by atoms with E-state index < -0.39 is 0 Å². The second kappa shape index (κ2) is 19.9. The van der Waals surface area contributed by atoms with E-state index in [2.05, 4.69) is 49.2 Å². The highest BCUT2D eigenvalue weighted by molar-refractivity contribution is 4.86. The molecule has 0 bridgehead atoms. The summed E-state index contributed by atoms with van der Waals surface area (Å²) in [6, 6.07) is 0.573. The topological polar surface area (TPSA) is 8.81 Å². The van der Waals surface area contributed by atoms with Crippen molar-refractivity contribution >= 4 is 0 Å². The van der Waals surface area contributed by atoms with E-state index in [1.54, 1.807) is 0 Å². The first-order valence-electron chi connectivity index (χ1n) is 14.3. The Kier molecular flexibility index (Phi) is 18.1. The number of nitrogens with zero attached hydrogens (tertiary/aromatic N) is 2. The van der Waals surface area contributed by atoms with Crippen molar-refractivity contribution in [3.63, 3.8) is 0 Å². The van der Waals surface area contributed by atoms with E-state index in [4.69, 9.17) is 0 Å². The van der Waals surface area contributed by atoms with Crippen LogP contribution < -0.4 is 4.57 Å². The van der Waals surface area contributed by atoms with Gasteiger partial charge in [-0.15, -0.1) is 0 Å². The quantitative estimate of drug-likeness (QED) is 0.127. The molecule has 0 amide bonds. The van der Waals surface area contributed by atoms with Gasteiger partial charge in [-0.1, -0.05) is 117 Å². The zero-order valence-corrected chi connectivity index (χ0v) is 22.0. The Hall–Kier alpha value is -0.790. The fraction of sp³-hybridized carbons (Fsp3) is 0.897. The van der Waals surface area contributed by atoms with Gasteiger partial charge in [-0.3, -0.25) is 0 Å². The van der Waals surface area contributed by atoms with Crippen LogP contribution in [-0.2, 0) is 13.0 Å². The summed E-state index contributed by atoms with van der Waals surface area (Å²) in [5.74, 6) is 1.54. The lowest BCUT2D eigenvalue weighted by atomic mass is 10.0. The SMILES string of the molecule is CCCCCCCCCCCCCCCCCCC[n+]1ccn(C(C)C)c1CCCC. The molecule has 0 aliphatic carbocycles. The highest BCUT2D eigenvalue weighted by atomic mass is 15.2. The summed E-state index contributed by atoms with van der Waals surface area (Å²) >= 11 is 0. The van der Waals surface area contributed by atoms with E-state index in [0.29, 0.717) is 6.04 Å². The Bertz CT molecular complexity index is 503. The van der Waals surface area contributed by atoms with Gasteiger partial charge in [0.25, 0.3) is 5.82 Å². The number of aryl methyl sites for hydroxylation is 1. The molecule has 0 saturated carbocycles. The number of unbranched alkanes of at least 4 members (excludes halogenated alkanes) is 17. The van der Waals surface area contributed by atoms with Crippen molar-refractivity contribution in [2.45, 2.75) is 169 Å².